The number of carbonyl (C=O) groups is 1. The molecular formula is C26H26FN3O. The number of carbonyl (C=O) groups excluding carboxylic acids is 1. The van der Waals surface area contributed by atoms with Crippen LogP contribution in [-0.4, -0.2) is 33.9 Å². The van der Waals surface area contributed by atoms with Gasteiger partial charge in [0.25, 0.3) is 0 Å². The van der Waals surface area contributed by atoms with Gasteiger partial charge in [-0.2, -0.15) is 0 Å². The van der Waals surface area contributed by atoms with Crippen molar-refractivity contribution in [3.8, 4) is 11.4 Å². The summed E-state index contributed by atoms with van der Waals surface area (Å²) >= 11 is 0. The second kappa shape index (κ2) is 8.50. The Morgan fingerprint density at radius 3 is 2.74 bits per heavy atom. The van der Waals surface area contributed by atoms with E-state index in [-0.39, 0.29) is 11.7 Å². The third-order valence-electron chi connectivity index (χ3n) is 6.25. The third kappa shape index (κ3) is 4.05. The van der Waals surface area contributed by atoms with Crippen molar-refractivity contribution in [2.24, 2.45) is 0 Å². The monoisotopic (exact) mass is 415 g/mol. The standard InChI is InChI=1S/C26H26FN3O/c27-19-12-14-23-21(17-19)20(8-6-10-25(31)30-15-4-1-5-16-30)26(29-23)24-13-11-18-7-2-3-9-22(18)28-24/h2-3,7,9,11-14,17,29H,1,4-6,8,10,15-16H2. The molecule has 31 heavy (non-hydrogen) atoms. The average Bonchev–Trinajstić information content (AvgIpc) is 3.17. The number of aromatic amines is 1. The molecule has 1 N–H and O–H groups in total. The van der Waals surface area contributed by atoms with Crippen molar-refractivity contribution in [3.63, 3.8) is 0 Å². The van der Waals surface area contributed by atoms with Crippen LogP contribution in [0.25, 0.3) is 33.2 Å². The topological polar surface area (TPSA) is 49.0 Å². The Labute approximate surface area is 181 Å². The van der Waals surface area contributed by atoms with E-state index in [1.54, 1.807) is 12.1 Å². The molecule has 1 aliphatic heterocycles. The van der Waals surface area contributed by atoms with Crippen molar-refractivity contribution in [1.82, 2.24) is 14.9 Å². The molecule has 1 amide bonds. The number of halogens is 1. The summed E-state index contributed by atoms with van der Waals surface area (Å²) in [5, 5.41) is 1.96. The molecule has 0 aliphatic carbocycles. The van der Waals surface area contributed by atoms with E-state index in [4.69, 9.17) is 4.98 Å². The number of aromatic nitrogens is 2. The van der Waals surface area contributed by atoms with Gasteiger partial charge in [-0.3, -0.25) is 4.79 Å². The summed E-state index contributed by atoms with van der Waals surface area (Å²) in [6.45, 7) is 1.76. The first kappa shape index (κ1) is 19.7. The number of fused-ring (bicyclic) bond motifs is 2. The molecular weight excluding hydrogens is 389 g/mol. The van der Waals surface area contributed by atoms with Crippen LogP contribution in [-0.2, 0) is 11.2 Å². The quantitative estimate of drug-likeness (QED) is 0.444. The predicted molar refractivity (Wildman–Crippen MR) is 122 cm³/mol. The average molecular weight is 416 g/mol. The van der Waals surface area contributed by atoms with Gasteiger partial charge < -0.3 is 9.88 Å². The molecule has 0 unspecified atom stereocenters. The fraction of sp³-hybridized carbons (Fsp3) is 0.308. The Morgan fingerprint density at radius 2 is 1.87 bits per heavy atom. The van der Waals surface area contributed by atoms with Crippen LogP contribution in [0.3, 0.4) is 0 Å². The van der Waals surface area contributed by atoms with Crippen molar-refractivity contribution in [3.05, 3.63) is 66.0 Å². The molecule has 0 spiro atoms. The highest BCUT2D eigenvalue weighted by Crippen LogP contribution is 2.32. The second-order valence-corrected chi connectivity index (χ2v) is 8.35. The lowest BCUT2D eigenvalue weighted by atomic mass is 10.0. The van der Waals surface area contributed by atoms with E-state index in [0.717, 1.165) is 71.1 Å². The highest BCUT2D eigenvalue weighted by atomic mass is 19.1. The summed E-state index contributed by atoms with van der Waals surface area (Å²) in [5.41, 5.74) is 4.60. The normalized spacial score (nSPS) is 14.4. The van der Waals surface area contributed by atoms with E-state index < -0.39 is 0 Å². The molecule has 1 fully saturated rings. The van der Waals surface area contributed by atoms with Crippen LogP contribution < -0.4 is 0 Å². The lowest BCUT2D eigenvalue weighted by Gasteiger charge is -2.26. The first-order chi connectivity index (χ1) is 15.2. The molecule has 0 saturated carbocycles. The summed E-state index contributed by atoms with van der Waals surface area (Å²) in [6.07, 6.45) is 5.38. The Morgan fingerprint density at radius 1 is 1.03 bits per heavy atom. The SMILES string of the molecule is O=C(CCCc1c(-c2ccc3ccccc3n2)[nH]c2ccc(F)cc12)N1CCCCC1. The molecule has 0 radical (unpaired) electrons. The van der Waals surface area contributed by atoms with Crippen LogP contribution in [0, 0.1) is 5.82 Å². The van der Waals surface area contributed by atoms with Crippen LogP contribution >= 0.6 is 0 Å². The summed E-state index contributed by atoms with van der Waals surface area (Å²) in [6, 6.07) is 16.9. The van der Waals surface area contributed by atoms with E-state index in [9.17, 15) is 9.18 Å². The Bertz CT molecular complexity index is 1240. The van der Waals surface area contributed by atoms with Gasteiger partial charge in [0, 0.05) is 35.8 Å². The number of pyridine rings is 1. The summed E-state index contributed by atoms with van der Waals surface area (Å²) < 4.78 is 14.0. The van der Waals surface area contributed by atoms with Crippen LogP contribution in [0.4, 0.5) is 4.39 Å². The van der Waals surface area contributed by atoms with Crippen molar-refractivity contribution < 1.29 is 9.18 Å². The van der Waals surface area contributed by atoms with Gasteiger partial charge in [-0.1, -0.05) is 24.3 Å². The van der Waals surface area contributed by atoms with Crippen molar-refractivity contribution in [2.75, 3.05) is 13.1 Å². The number of nitrogens with one attached hydrogen (secondary N) is 1. The Balaban J connectivity index is 1.45. The number of hydrogen-bond acceptors (Lipinski definition) is 2. The molecule has 3 heterocycles. The first-order valence-corrected chi connectivity index (χ1v) is 11.1. The summed E-state index contributed by atoms with van der Waals surface area (Å²) in [7, 11) is 0. The molecule has 5 rings (SSSR count). The Kier molecular flexibility index (Phi) is 5.41. The number of nitrogens with zero attached hydrogens (tertiary/aromatic N) is 2. The zero-order valence-electron chi connectivity index (χ0n) is 17.5. The van der Waals surface area contributed by atoms with Gasteiger partial charge in [0.15, 0.2) is 0 Å². The highest BCUT2D eigenvalue weighted by molar-refractivity contribution is 5.91. The van der Waals surface area contributed by atoms with Crippen molar-refractivity contribution in [1.29, 1.82) is 0 Å². The van der Waals surface area contributed by atoms with Crippen molar-refractivity contribution in [2.45, 2.75) is 38.5 Å². The maximum absolute atomic E-state index is 14.0. The summed E-state index contributed by atoms with van der Waals surface area (Å²) in [5.74, 6) is -0.0220. The molecule has 0 atom stereocenters. The molecule has 1 saturated heterocycles. The summed E-state index contributed by atoms with van der Waals surface area (Å²) in [4.78, 5) is 22.9. The van der Waals surface area contributed by atoms with Gasteiger partial charge in [0.2, 0.25) is 5.91 Å². The number of likely N-dealkylation sites (tertiary alicyclic amines) is 1. The number of piperidine rings is 1. The number of para-hydroxylation sites is 1. The number of amides is 1. The van der Waals surface area contributed by atoms with Crippen molar-refractivity contribution >= 4 is 27.7 Å². The zero-order chi connectivity index (χ0) is 21.2. The van der Waals surface area contributed by atoms with E-state index in [1.165, 1.54) is 12.5 Å². The molecule has 5 heteroatoms. The largest absolute Gasteiger partial charge is 0.353 e. The zero-order valence-corrected chi connectivity index (χ0v) is 17.5. The smallest absolute Gasteiger partial charge is 0.222 e. The van der Waals surface area contributed by atoms with E-state index in [2.05, 4.69) is 11.1 Å². The fourth-order valence-electron chi connectivity index (χ4n) is 4.62. The lowest BCUT2D eigenvalue weighted by Crippen LogP contribution is -2.35. The number of H-pyrrole nitrogens is 1. The molecule has 2 aromatic heterocycles. The van der Waals surface area contributed by atoms with Gasteiger partial charge in [0.05, 0.1) is 16.9 Å². The number of hydrogen-bond donors (Lipinski definition) is 1. The molecule has 158 valence electrons. The van der Waals surface area contributed by atoms with Gasteiger partial charge in [-0.05, 0) is 68.0 Å². The maximum Gasteiger partial charge on any atom is 0.222 e. The maximum atomic E-state index is 14.0. The van der Waals surface area contributed by atoms with Gasteiger partial charge >= 0.3 is 0 Å². The predicted octanol–water partition coefficient (Wildman–Crippen LogP) is 5.86. The van der Waals surface area contributed by atoms with Crippen LogP contribution in [0.2, 0.25) is 0 Å². The molecule has 1 aliphatic rings. The fourth-order valence-corrected chi connectivity index (χ4v) is 4.62. The highest BCUT2D eigenvalue weighted by Gasteiger charge is 2.18. The van der Waals surface area contributed by atoms with Crippen LogP contribution in [0.15, 0.2) is 54.6 Å². The lowest BCUT2D eigenvalue weighted by molar-refractivity contribution is -0.132. The number of benzene rings is 2. The minimum Gasteiger partial charge on any atom is -0.353 e. The molecule has 4 aromatic rings. The number of aryl methyl sites for hydroxylation is 1. The Hall–Kier alpha value is -3.21. The van der Waals surface area contributed by atoms with Crippen LogP contribution in [0.1, 0.15) is 37.7 Å². The van der Waals surface area contributed by atoms with Gasteiger partial charge in [-0.15, -0.1) is 0 Å². The van der Waals surface area contributed by atoms with Gasteiger partial charge in [-0.25, -0.2) is 9.37 Å². The van der Waals surface area contributed by atoms with Crippen LogP contribution in [0.5, 0.6) is 0 Å². The van der Waals surface area contributed by atoms with E-state index in [0.29, 0.717) is 12.8 Å². The number of rotatable bonds is 5. The molecule has 4 nitrogen and oxygen atoms in total. The molecule has 0 bridgehead atoms. The van der Waals surface area contributed by atoms with E-state index >= 15 is 0 Å². The second-order valence-electron chi connectivity index (χ2n) is 8.35. The third-order valence-corrected chi connectivity index (χ3v) is 6.25. The van der Waals surface area contributed by atoms with E-state index in [1.807, 2.05) is 35.2 Å². The molecule has 2 aromatic carbocycles. The minimum atomic E-state index is -0.254. The minimum absolute atomic E-state index is 0.233. The van der Waals surface area contributed by atoms with Gasteiger partial charge in [0.1, 0.15) is 5.82 Å². The first-order valence-electron chi connectivity index (χ1n) is 11.1.